The van der Waals surface area contributed by atoms with Gasteiger partial charge in [-0.05, 0) is 26.0 Å². The van der Waals surface area contributed by atoms with Crippen LogP contribution in [0.2, 0.25) is 0 Å². The van der Waals surface area contributed by atoms with Crippen LogP contribution in [0, 0.1) is 0 Å². The maximum absolute atomic E-state index is 11.7. The second-order valence-electron chi connectivity index (χ2n) is 5.47. The number of carbonyl (C=O) groups excluding carboxylic acids is 1. The Morgan fingerprint density at radius 1 is 1.42 bits per heavy atom. The van der Waals surface area contributed by atoms with Crippen LogP contribution in [0.3, 0.4) is 0 Å². The Morgan fingerprint density at radius 3 is 2.79 bits per heavy atom. The van der Waals surface area contributed by atoms with E-state index in [1.807, 2.05) is 38.1 Å². The summed E-state index contributed by atoms with van der Waals surface area (Å²) in [7, 11) is 0. The molecule has 1 aliphatic heterocycles. The second kappa shape index (κ2) is 5.48. The Kier molecular flexibility index (Phi) is 3.95. The summed E-state index contributed by atoms with van der Waals surface area (Å²) in [5, 5.41) is 2.82. The zero-order chi connectivity index (χ0) is 13.9. The number of carbonyl (C=O) groups is 1. The van der Waals surface area contributed by atoms with E-state index in [-0.39, 0.29) is 18.4 Å². The van der Waals surface area contributed by atoms with Crippen LogP contribution in [0.25, 0.3) is 0 Å². The molecule has 0 fully saturated rings. The lowest BCUT2D eigenvalue weighted by atomic mass is 10.0. The van der Waals surface area contributed by atoms with Gasteiger partial charge in [-0.15, -0.1) is 0 Å². The highest BCUT2D eigenvalue weighted by Gasteiger charge is 2.22. The van der Waals surface area contributed by atoms with Crippen LogP contribution < -0.4 is 20.5 Å². The lowest BCUT2D eigenvalue weighted by Gasteiger charge is -2.27. The summed E-state index contributed by atoms with van der Waals surface area (Å²) < 4.78 is 11.3. The summed E-state index contributed by atoms with van der Waals surface area (Å²) in [6.07, 6.45) is 0.122. The molecule has 0 aliphatic carbocycles. The van der Waals surface area contributed by atoms with Gasteiger partial charge in [-0.3, -0.25) is 4.79 Å². The van der Waals surface area contributed by atoms with E-state index in [1.54, 1.807) is 0 Å². The lowest BCUT2D eigenvalue weighted by molar-refractivity contribution is -0.122. The van der Waals surface area contributed by atoms with Crippen LogP contribution >= 0.6 is 0 Å². The smallest absolute Gasteiger partial charge is 0.221 e. The molecule has 0 aromatic heterocycles. The highest BCUT2D eigenvalue weighted by atomic mass is 16.6. The Labute approximate surface area is 113 Å². The van der Waals surface area contributed by atoms with Crippen molar-refractivity contribution in [3.8, 4) is 11.5 Å². The molecule has 1 aromatic rings. The van der Waals surface area contributed by atoms with Gasteiger partial charge in [0.15, 0.2) is 11.5 Å². The van der Waals surface area contributed by atoms with Gasteiger partial charge in [0, 0.05) is 12.0 Å². The van der Waals surface area contributed by atoms with Crippen LogP contribution in [0.5, 0.6) is 11.5 Å². The van der Waals surface area contributed by atoms with Crippen molar-refractivity contribution in [1.82, 2.24) is 5.32 Å². The molecule has 5 nitrogen and oxygen atoms in total. The third kappa shape index (κ3) is 4.13. The number of rotatable bonds is 4. The topological polar surface area (TPSA) is 73.6 Å². The average molecular weight is 264 g/mol. The fourth-order valence-electron chi connectivity index (χ4n) is 1.87. The van der Waals surface area contributed by atoms with Crippen molar-refractivity contribution in [3.05, 3.63) is 24.3 Å². The van der Waals surface area contributed by atoms with Crippen LogP contribution in [0.1, 0.15) is 20.3 Å². The number of nitrogens with one attached hydrogen (secondary N) is 1. The van der Waals surface area contributed by atoms with Gasteiger partial charge in [0.2, 0.25) is 5.91 Å². The molecule has 1 amide bonds. The minimum Gasteiger partial charge on any atom is -0.486 e. The van der Waals surface area contributed by atoms with Crippen molar-refractivity contribution in [2.24, 2.45) is 5.73 Å². The van der Waals surface area contributed by atoms with Gasteiger partial charge < -0.3 is 20.5 Å². The first kappa shape index (κ1) is 13.7. The van der Waals surface area contributed by atoms with Crippen LogP contribution in [0.4, 0.5) is 0 Å². The van der Waals surface area contributed by atoms with E-state index >= 15 is 0 Å². The quantitative estimate of drug-likeness (QED) is 0.853. The number of para-hydroxylation sites is 2. The first-order chi connectivity index (χ1) is 8.94. The Hall–Kier alpha value is -1.75. The van der Waals surface area contributed by atoms with Gasteiger partial charge in [-0.1, -0.05) is 12.1 Å². The monoisotopic (exact) mass is 264 g/mol. The average Bonchev–Trinajstić information content (AvgIpc) is 2.34. The van der Waals surface area contributed by atoms with Crippen LogP contribution in [0.15, 0.2) is 24.3 Å². The Bertz CT molecular complexity index is 454. The number of hydrogen-bond acceptors (Lipinski definition) is 4. The largest absolute Gasteiger partial charge is 0.486 e. The molecule has 0 saturated heterocycles. The molecule has 3 N–H and O–H groups in total. The Balaban J connectivity index is 1.81. The summed E-state index contributed by atoms with van der Waals surface area (Å²) in [5.41, 5.74) is 5.29. The van der Waals surface area contributed by atoms with Gasteiger partial charge in [0.05, 0.1) is 6.54 Å². The molecule has 1 aliphatic rings. The fourth-order valence-corrected chi connectivity index (χ4v) is 1.87. The van der Waals surface area contributed by atoms with Crippen molar-refractivity contribution in [2.75, 3.05) is 13.2 Å². The standard InChI is InChI=1S/C14H20N2O3/c1-14(2,15)7-13(17)16-8-10-9-18-11-5-3-4-6-12(11)19-10/h3-6,10H,7-9,15H2,1-2H3,(H,16,17). The molecular weight excluding hydrogens is 244 g/mol. The van der Waals surface area contributed by atoms with Crippen molar-refractivity contribution in [2.45, 2.75) is 31.9 Å². The molecule has 0 bridgehead atoms. The molecule has 5 heteroatoms. The van der Waals surface area contributed by atoms with Crippen molar-refractivity contribution in [3.63, 3.8) is 0 Å². The maximum atomic E-state index is 11.7. The van der Waals surface area contributed by atoms with Gasteiger partial charge in [-0.25, -0.2) is 0 Å². The predicted molar refractivity (Wildman–Crippen MR) is 72.2 cm³/mol. The van der Waals surface area contributed by atoms with Crippen LogP contribution in [-0.2, 0) is 4.79 Å². The minimum atomic E-state index is -0.499. The molecule has 1 atom stereocenters. The van der Waals surface area contributed by atoms with E-state index in [1.165, 1.54) is 0 Å². The second-order valence-corrected chi connectivity index (χ2v) is 5.47. The number of nitrogens with two attached hydrogens (primary N) is 1. The molecule has 0 saturated carbocycles. The third-order valence-corrected chi connectivity index (χ3v) is 2.71. The van der Waals surface area contributed by atoms with Crippen LogP contribution in [-0.4, -0.2) is 30.7 Å². The van der Waals surface area contributed by atoms with E-state index in [9.17, 15) is 4.79 Å². The van der Waals surface area contributed by atoms with Crippen molar-refractivity contribution < 1.29 is 14.3 Å². The van der Waals surface area contributed by atoms with E-state index in [2.05, 4.69) is 5.32 Å². The number of benzene rings is 1. The van der Waals surface area contributed by atoms with Gasteiger partial charge in [0.25, 0.3) is 0 Å². The van der Waals surface area contributed by atoms with Gasteiger partial charge >= 0.3 is 0 Å². The van der Waals surface area contributed by atoms with E-state index in [4.69, 9.17) is 15.2 Å². The molecule has 19 heavy (non-hydrogen) atoms. The summed E-state index contributed by atoms with van der Waals surface area (Å²) >= 11 is 0. The SMILES string of the molecule is CC(C)(N)CC(=O)NCC1COc2ccccc2O1. The first-order valence-corrected chi connectivity index (χ1v) is 6.38. The lowest BCUT2D eigenvalue weighted by Crippen LogP contribution is -2.44. The Morgan fingerprint density at radius 2 is 2.11 bits per heavy atom. The summed E-state index contributed by atoms with van der Waals surface area (Å²) in [6.45, 7) is 4.50. The summed E-state index contributed by atoms with van der Waals surface area (Å²) in [4.78, 5) is 11.7. The zero-order valence-electron chi connectivity index (χ0n) is 11.3. The summed E-state index contributed by atoms with van der Waals surface area (Å²) in [6, 6.07) is 7.50. The van der Waals surface area contributed by atoms with Gasteiger partial charge in [-0.2, -0.15) is 0 Å². The first-order valence-electron chi connectivity index (χ1n) is 6.38. The normalized spacial score (nSPS) is 17.9. The number of hydrogen-bond donors (Lipinski definition) is 2. The molecule has 1 heterocycles. The maximum Gasteiger partial charge on any atom is 0.221 e. The minimum absolute atomic E-state index is 0.0741. The highest BCUT2D eigenvalue weighted by molar-refractivity contribution is 5.77. The molecule has 1 unspecified atom stereocenters. The third-order valence-electron chi connectivity index (χ3n) is 2.71. The van der Waals surface area contributed by atoms with Crippen molar-refractivity contribution in [1.29, 1.82) is 0 Å². The molecular formula is C14H20N2O3. The van der Waals surface area contributed by atoms with E-state index < -0.39 is 5.54 Å². The predicted octanol–water partition coefficient (Wildman–Crippen LogP) is 1.07. The van der Waals surface area contributed by atoms with E-state index in [0.29, 0.717) is 18.9 Å². The molecule has 104 valence electrons. The molecule has 2 rings (SSSR count). The fraction of sp³-hybridized carbons (Fsp3) is 0.500. The zero-order valence-corrected chi connectivity index (χ0v) is 11.3. The molecule has 0 spiro atoms. The van der Waals surface area contributed by atoms with E-state index in [0.717, 1.165) is 5.75 Å². The van der Waals surface area contributed by atoms with Gasteiger partial charge in [0.1, 0.15) is 12.7 Å². The highest BCUT2D eigenvalue weighted by Crippen LogP contribution is 2.30. The molecule has 0 radical (unpaired) electrons. The number of fused-ring (bicyclic) bond motifs is 1. The number of ether oxygens (including phenoxy) is 2. The summed E-state index contributed by atoms with van der Waals surface area (Å²) in [5.74, 6) is 1.38. The van der Waals surface area contributed by atoms with Crippen molar-refractivity contribution >= 4 is 5.91 Å². The number of amides is 1. The molecule has 1 aromatic carbocycles.